The summed E-state index contributed by atoms with van der Waals surface area (Å²) in [7, 11) is 0. The van der Waals surface area contributed by atoms with Crippen LogP contribution in [0.3, 0.4) is 0 Å². The molecule has 0 bridgehead atoms. The van der Waals surface area contributed by atoms with E-state index in [1.807, 2.05) is 50.2 Å². The number of aryl methyl sites for hydroxylation is 1. The van der Waals surface area contributed by atoms with Crippen molar-refractivity contribution in [1.29, 1.82) is 0 Å². The molecule has 2 aliphatic rings. The number of piperidine rings is 1. The molecular formula is C35H40F6N4O6. The van der Waals surface area contributed by atoms with E-state index in [0.717, 1.165) is 60.8 Å². The Labute approximate surface area is 290 Å². The largest absolute Gasteiger partial charge is 0.490 e. The average molecular weight is 727 g/mol. The van der Waals surface area contributed by atoms with Crippen LogP contribution in [-0.4, -0.2) is 82.9 Å². The molecule has 0 unspecified atom stereocenters. The summed E-state index contributed by atoms with van der Waals surface area (Å²) in [5.74, 6) is -5.63. The van der Waals surface area contributed by atoms with E-state index < -0.39 is 24.3 Å². The summed E-state index contributed by atoms with van der Waals surface area (Å²) in [6.07, 6.45) is -4.69. The minimum Gasteiger partial charge on any atom is -0.475 e. The van der Waals surface area contributed by atoms with Gasteiger partial charge in [0.15, 0.2) is 0 Å². The molecule has 0 spiro atoms. The van der Waals surface area contributed by atoms with Gasteiger partial charge in [0.1, 0.15) is 0 Å². The number of halogens is 6. The number of alkyl halides is 6. The van der Waals surface area contributed by atoms with E-state index in [0.29, 0.717) is 17.3 Å². The second kappa shape index (κ2) is 18.0. The van der Waals surface area contributed by atoms with Gasteiger partial charge in [-0.25, -0.2) is 9.59 Å². The van der Waals surface area contributed by atoms with Crippen molar-refractivity contribution < 1.29 is 55.7 Å². The molecule has 278 valence electrons. The minimum absolute atomic E-state index is 0.0250. The van der Waals surface area contributed by atoms with Gasteiger partial charge in [-0.2, -0.15) is 26.3 Å². The second-order valence-electron chi connectivity index (χ2n) is 12.2. The Kier molecular flexibility index (Phi) is 14.4. The van der Waals surface area contributed by atoms with E-state index in [-0.39, 0.29) is 23.9 Å². The summed E-state index contributed by atoms with van der Waals surface area (Å²) >= 11 is 0. The summed E-state index contributed by atoms with van der Waals surface area (Å²) in [5, 5.41) is 26.4. The van der Waals surface area contributed by atoms with E-state index >= 15 is 0 Å². The van der Waals surface area contributed by atoms with Crippen molar-refractivity contribution in [2.45, 2.75) is 76.4 Å². The third kappa shape index (κ3) is 12.2. The fourth-order valence-electron chi connectivity index (χ4n) is 5.85. The molecule has 5 N–H and O–H groups in total. The second-order valence-corrected chi connectivity index (χ2v) is 12.2. The number of carbonyl (C=O) groups excluding carboxylic acids is 2. The fourth-order valence-corrected chi connectivity index (χ4v) is 5.85. The molecule has 2 heterocycles. The highest BCUT2D eigenvalue weighted by molar-refractivity contribution is 6.00. The standard InChI is InChI=1S/C31H38N4O2.2C2HF3O2/c1-21-15-16-24(34-31(37)29-14-5-6-18-35(29)20-25-11-8-17-32-25)19-28(21)30(36)33-22(2)26-13-7-10-23-9-3-4-12-27(23)26;2*3-2(4,5)1(6)7/h3-4,7,9-10,12-13,15-16,19,22,25,29,32H,5-6,8,11,14,17-18,20H2,1-2H3,(H,33,36)(H,34,37);2*(H,6,7)/t22-,25-,29-;;/m1../s1. The van der Waals surface area contributed by atoms with E-state index in [1.54, 1.807) is 0 Å². The van der Waals surface area contributed by atoms with Crippen LogP contribution in [0.1, 0.15) is 66.6 Å². The third-order valence-corrected chi connectivity index (χ3v) is 8.41. The molecule has 3 aromatic rings. The third-order valence-electron chi connectivity index (χ3n) is 8.41. The first-order valence-electron chi connectivity index (χ1n) is 16.2. The first-order chi connectivity index (χ1) is 23.9. The molecule has 3 aromatic carbocycles. The molecule has 16 heteroatoms. The van der Waals surface area contributed by atoms with Crippen molar-refractivity contribution in [1.82, 2.24) is 15.5 Å². The van der Waals surface area contributed by atoms with Crippen LogP contribution in [0.25, 0.3) is 10.8 Å². The van der Waals surface area contributed by atoms with Crippen LogP contribution < -0.4 is 16.0 Å². The van der Waals surface area contributed by atoms with Gasteiger partial charge in [0.05, 0.1) is 12.1 Å². The summed E-state index contributed by atoms with van der Waals surface area (Å²) in [6.45, 7) is 6.90. The summed E-state index contributed by atoms with van der Waals surface area (Å²) in [5.41, 5.74) is 3.22. The molecule has 3 atom stereocenters. The number of fused-ring (bicyclic) bond motifs is 1. The quantitative estimate of drug-likeness (QED) is 0.175. The van der Waals surface area contributed by atoms with Gasteiger partial charge in [-0.15, -0.1) is 0 Å². The molecule has 0 saturated carbocycles. The first-order valence-corrected chi connectivity index (χ1v) is 16.2. The maximum absolute atomic E-state index is 13.3. The number of carboxylic acid groups (broad SMARTS) is 2. The number of amides is 2. The van der Waals surface area contributed by atoms with Gasteiger partial charge in [0.25, 0.3) is 5.91 Å². The van der Waals surface area contributed by atoms with E-state index in [9.17, 15) is 35.9 Å². The van der Waals surface area contributed by atoms with Crippen LogP contribution >= 0.6 is 0 Å². The van der Waals surface area contributed by atoms with Crippen molar-refractivity contribution in [3.05, 3.63) is 77.4 Å². The Morgan fingerprint density at radius 1 is 0.882 bits per heavy atom. The SMILES string of the molecule is Cc1ccc(NC(=O)[C@H]2CCCCN2C[C@H]2CCCN2)cc1C(=O)N[C@H](C)c1cccc2ccccc12.O=C(O)C(F)(F)F.O=C(O)C(F)(F)F. The maximum Gasteiger partial charge on any atom is 0.490 e. The number of rotatable bonds is 7. The van der Waals surface area contributed by atoms with Crippen molar-refractivity contribution >= 4 is 40.2 Å². The van der Waals surface area contributed by atoms with Crippen molar-refractivity contribution in [3.8, 4) is 0 Å². The highest BCUT2D eigenvalue weighted by Crippen LogP contribution is 2.26. The summed E-state index contributed by atoms with van der Waals surface area (Å²) in [6, 6.07) is 20.2. The molecule has 0 aromatic heterocycles. The molecular weight excluding hydrogens is 686 g/mol. The Hall–Kier alpha value is -4.70. The number of nitrogens with one attached hydrogen (secondary N) is 3. The van der Waals surface area contributed by atoms with Gasteiger partial charge in [0, 0.05) is 23.8 Å². The Morgan fingerprint density at radius 2 is 1.51 bits per heavy atom. The van der Waals surface area contributed by atoms with Crippen molar-refractivity contribution in [2.24, 2.45) is 0 Å². The molecule has 51 heavy (non-hydrogen) atoms. The zero-order chi connectivity index (χ0) is 37.9. The zero-order valence-electron chi connectivity index (χ0n) is 27.9. The topological polar surface area (TPSA) is 148 Å². The number of nitrogens with zero attached hydrogens (tertiary/aromatic N) is 1. The van der Waals surface area contributed by atoms with E-state index in [4.69, 9.17) is 19.8 Å². The van der Waals surface area contributed by atoms with E-state index in [2.05, 4.69) is 45.1 Å². The van der Waals surface area contributed by atoms with Crippen LogP contribution in [-0.2, 0) is 14.4 Å². The van der Waals surface area contributed by atoms with Gasteiger partial charge in [-0.3, -0.25) is 14.5 Å². The normalized spacial score (nSPS) is 18.4. The van der Waals surface area contributed by atoms with Gasteiger partial charge in [-0.1, -0.05) is 55.0 Å². The maximum atomic E-state index is 13.3. The molecule has 10 nitrogen and oxygen atoms in total. The molecule has 0 aliphatic carbocycles. The average Bonchev–Trinajstić information content (AvgIpc) is 3.58. The lowest BCUT2D eigenvalue weighted by Crippen LogP contribution is -2.51. The monoisotopic (exact) mass is 726 g/mol. The summed E-state index contributed by atoms with van der Waals surface area (Å²) in [4.78, 5) is 46.8. The number of anilines is 1. The predicted molar refractivity (Wildman–Crippen MR) is 177 cm³/mol. The number of hydrogen-bond donors (Lipinski definition) is 5. The number of carbonyl (C=O) groups is 4. The van der Waals surface area contributed by atoms with Gasteiger partial charge < -0.3 is 26.2 Å². The van der Waals surface area contributed by atoms with Crippen LogP contribution in [0.5, 0.6) is 0 Å². The molecule has 2 saturated heterocycles. The van der Waals surface area contributed by atoms with Crippen LogP contribution in [0.15, 0.2) is 60.7 Å². The minimum atomic E-state index is -5.08. The Morgan fingerprint density at radius 3 is 2.12 bits per heavy atom. The molecule has 2 aliphatic heterocycles. The number of likely N-dealkylation sites (tertiary alicyclic amines) is 1. The highest BCUT2D eigenvalue weighted by Gasteiger charge is 2.39. The highest BCUT2D eigenvalue weighted by atomic mass is 19.4. The summed E-state index contributed by atoms with van der Waals surface area (Å²) < 4.78 is 63.5. The van der Waals surface area contributed by atoms with Crippen molar-refractivity contribution in [2.75, 3.05) is 25.0 Å². The molecule has 5 rings (SSSR count). The van der Waals surface area contributed by atoms with Gasteiger partial charge >= 0.3 is 24.3 Å². The van der Waals surface area contributed by atoms with Crippen LogP contribution in [0.2, 0.25) is 0 Å². The van der Waals surface area contributed by atoms with Crippen molar-refractivity contribution in [3.63, 3.8) is 0 Å². The first kappa shape index (κ1) is 40.7. The lowest BCUT2D eigenvalue weighted by molar-refractivity contribution is -0.193. The van der Waals surface area contributed by atoms with Crippen LogP contribution in [0, 0.1) is 6.92 Å². The predicted octanol–water partition coefficient (Wildman–Crippen LogP) is 6.45. The van der Waals surface area contributed by atoms with E-state index in [1.165, 1.54) is 12.8 Å². The number of hydrogen-bond acceptors (Lipinski definition) is 6. The van der Waals surface area contributed by atoms with Gasteiger partial charge in [0.2, 0.25) is 5.91 Å². The lowest BCUT2D eigenvalue weighted by atomic mass is 9.99. The number of carboxylic acids is 2. The van der Waals surface area contributed by atoms with Crippen LogP contribution in [0.4, 0.5) is 32.0 Å². The molecule has 2 amide bonds. The number of aliphatic carboxylic acids is 2. The number of benzene rings is 3. The zero-order valence-corrected chi connectivity index (χ0v) is 27.9. The smallest absolute Gasteiger partial charge is 0.475 e. The lowest BCUT2D eigenvalue weighted by Gasteiger charge is -2.36. The Balaban J connectivity index is 0.000000424. The van der Waals surface area contributed by atoms with Gasteiger partial charge in [-0.05, 0) is 86.7 Å². The molecule has 2 fully saturated rings. The fraction of sp³-hybridized carbons (Fsp3) is 0.429. The molecule has 0 radical (unpaired) electrons. The Bertz CT molecular complexity index is 1650.